The molecule has 0 radical (unpaired) electrons. The number of unbranched alkanes of at least 4 members (excludes halogenated alkanes) is 1. The van der Waals surface area contributed by atoms with Crippen LogP contribution >= 0.6 is 0 Å². The summed E-state index contributed by atoms with van der Waals surface area (Å²) in [6.07, 6.45) is 11.1. The summed E-state index contributed by atoms with van der Waals surface area (Å²) in [5, 5.41) is 3.35. The second-order valence-corrected chi connectivity index (χ2v) is 6.31. The molecule has 0 saturated heterocycles. The Bertz CT molecular complexity index is 573. The van der Waals surface area contributed by atoms with E-state index in [2.05, 4.69) is 34.3 Å². The predicted molar refractivity (Wildman–Crippen MR) is 99.8 cm³/mol. The Hall–Kier alpha value is -1.78. The summed E-state index contributed by atoms with van der Waals surface area (Å²) in [6, 6.07) is 8.35. The highest BCUT2D eigenvalue weighted by Crippen LogP contribution is 2.17. The summed E-state index contributed by atoms with van der Waals surface area (Å²) in [5.41, 5.74) is 10.6. The Morgan fingerprint density at radius 3 is 2.75 bits per heavy atom. The van der Waals surface area contributed by atoms with Crippen LogP contribution < -0.4 is 11.1 Å². The van der Waals surface area contributed by atoms with Gasteiger partial charge in [0.1, 0.15) is 0 Å². The van der Waals surface area contributed by atoms with E-state index in [0.717, 1.165) is 38.2 Å². The molecule has 0 atom stereocenters. The van der Waals surface area contributed by atoms with Crippen LogP contribution in [0.1, 0.15) is 48.2 Å². The standard InChI is InChI=1S/C11H19N3.C9H11N/c1-10-4-7-14-11(8-10)9-13-6-3-2-5-12;1-2-6-9-8(4-1)5-3-7-10-9/h4,7-8,13H,2-3,5-6,9,12H2,1H3;3,5,7H,1-2,4,6H2. The van der Waals surface area contributed by atoms with Crippen LogP contribution in [0.3, 0.4) is 0 Å². The molecule has 3 rings (SSSR count). The monoisotopic (exact) mass is 326 g/mol. The van der Waals surface area contributed by atoms with E-state index in [0.29, 0.717) is 0 Å². The van der Waals surface area contributed by atoms with Gasteiger partial charge in [-0.3, -0.25) is 9.97 Å². The number of hydrogen-bond acceptors (Lipinski definition) is 4. The Morgan fingerprint density at radius 1 is 1.08 bits per heavy atom. The lowest BCUT2D eigenvalue weighted by molar-refractivity contribution is 0.620. The van der Waals surface area contributed by atoms with Gasteiger partial charge in [-0.25, -0.2) is 0 Å². The summed E-state index contributed by atoms with van der Waals surface area (Å²) in [6.45, 7) is 4.74. The molecule has 4 nitrogen and oxygen atoms in total. The van der Waals surface area contributed by atoms with Crippen molar-refractivity contribution in [1.29, 1.82) is 0 Å². The van der Waals surface area contributed by atoms with Crippen LogP contribution in [0.15, 0.2) is 36.7 Å². The fourth-order valence-corrected chi connectivity index (χ4v) is 2.84. The molecule has 1 aliphatic rings. The van der Waals surface area contributed by atoms with Crippen molar-refractivity contribution in [3.8, 4) is 0 Å². The van der Waals surface area contributed by atoms with Crippen LogP contribution in [0.2, 0.25) is 0 Å². The number of nitrogens with zero attached hydrogens (tertiary/aromatic N) is 2. The smallest absolute Gasteiger partial charge is 0.0544 e. The Labute approximate surface area is 145 Å². The average Bonchev–Trinajstić information content (AvgIpc) is 2.62. The molecule has 0 aliphatic heterocycles. The Kier molecular flexibility index (Phi) is 8.42. The average molecular weight is 326 g/mol. The Balaban J connectivity index is 0.000000182. The fourth-order valence-electron chi connectivity index (χ4n) is 2.84. The van der Waals surface area contributed by atoms with Gasteiger partial charge in [-0.05, 0) is 87.9 Å². The molecule has 2 heterocycles. The number of hydrogen-bond donors (Lipinski definition) is 2. The zero-order valence-corrected chi connectivity index (χ0v) is 14.8. The van der Waals surface area contributed by atoms with Crippen LogP contribution in [0, 0.1) is 6.92 Å². The predicted octanol–water partition coefficient (Wildman–Crippen LogP) is 3.18. The summed E-state index contributed by atoms with van der Waals surface area (Å²) >= 11 is 0. The van der Waals surface area contributed by atoms with Gasteiger partial charge in [-0.1, -0.05) is 6.07 Å². The highest BCUT2D eigenvalue weighted by Gasteiger charge is 2.07. The molecule has 0 saturated carbocycles. The van der Waals surface area contributed by atoms with E-state index in [9.17, 15) is 0 Å². The molecule has 130 valence electrons. The molecule has 4 heteroatoms. The van der Waals surface area contributed by atoms with Crippen LogP contribution in [0.5, 0.6) is 0 Å². The van der Waals surface area contributed by atoms with Crippen molar-refractivity contribution in [3.63, 3.8) is 0 Å². The molecule has 0 unspecified atom stereocenters. The van der Waals surface area contributed by atoms with Gasteiger partial charge in [0, 0.05) is 24.6 Å². The molecule has 0 fully saturated rings. The van der Waals surface area contributed by atoms with Gasteiger partial charge < -0.3 is 11.1 Å². The molecule has 0 aromatic carbocycles. The first-order valence-corrected chi connectivity index (χ1v) is 9.04. The molecule has 1 aliphatic carbocycles. The fraction of sp³-hybridized carbons (Fsp3) is 0.500. The topological polar surface area (TPSA) is 63.8 Å². The highest BCUT2D eigenvalue weighted by atomic mass is 14.9. The third-order valence-electron chi connectivity index (χ3n) is 4.18. The van der Waals surface area contributed by atoms with E-state index >= 15 is 0 Å². The van der Waals surface area contributed by atoms with E-state index in [1.807, 2.05) is 24.5 Å². The molecule has 0 bridgehead atoms. The second-order valence-electron chi connectivity index (χ2n) is 6.31. The molecular formula is C20H30N4. The lowest BCUT2D eigenvalue weighted by Gasteiger charge is -2.12. The van der Waals surface area contributed by atoms with Gasteiger partial charge >= 0.3 is 0 Å². The van der Waals surface area contributed by atoms with Crippen molar-refractivity contribution >= 4 is 0 Å². The quantitative estimate of drug-likeness (QED) is 0.800. The van der Waals surface area contributed by atoms with E-state index in [4.69, 9.17) is 5.73 Å². The van der Waals surface area contributed by atoms with E-state index in [1.165, 1.54) is 42.5 Å². The second kappa shape index (κ2) is 10.9. The van der Waals surface area contributed by atoms with Gasteiger partial charge in [0.15, 0.2) is 0 Å². The molecule has 3 N–H and O–H groups in total. The zero-order chi connectivity index (χ0) is 17.0. The lowest BCUT2D eigenvalue weighted by atomic mass is 9.96. The first-order chi connectivity index (χ1) is 11.8. The van der Waals surface area contributed by atoms with Crippen LogP contribution in [0.25, 0.3) is 0 Å². The molecule has 2 aromatic rings. The SMILES string of the molecule is Cc1ccnc(CNCCCCN)c1.c1cnc2c(c1)CCCC2. The third kappa shape index (κ3) is 6.77. The van der Waals surface area contributed by atoms with Gasteiger partial charge in [0.25, 0.3) is 0 Å². The first-order valence-electron chi connectivity index (χ1n) is 9.04. The van der Waals surface area contributed by atoms with Crippen LogP contribution in [0.4, 0.5) is 0 Å². The third-order valence-corrected chi connectivity index (χ3v) is 4.18. The number of nitrogens with two attached hydrogens (primary N) is 1. The summed E-state index contributed by atoms with van der Waals surface area (Å²) in [4.78, 5) is 8.59. The van der Waals surface area contributed by atoms with E-state index < -0.39 is 0 Å². The summed E-state index contributed by atoms with van der Waals surface area (Å²) < 4.78 is 0. The van der Waals surface area contributed by atoms with Crippen molar-refractivity contribution in [2.24, 2.45) is 5.73 Å². The molecule has 24 heavy (non-hydrogen) atoms. The number of rotatable bonds is 6. The summed E-state index contributed by atoms with van der Waals surface area (Å²) in [7, 11) is 0. The van der Waals surface area contributed by atoms with Gasteiger partial charge in [0.05, 0.1) is 5.69 Å². The number of aromatic nitrogens is 2. The van der Waals surface area contributed by atoms with Crippen LogP contribution in [-0.2, 0) is 19.4 Å². The maximum Gasteiger partial charge on any atom is 0.0544 e. The van der Waals surface area contributed by atoms with Crippen molar-refractivity contribution in [3.05, 3.63) is 59.2 Å². The maximum atomic E-state index is 5.40. The normalized spacial score (nSPS) is 12.9. The number of nitrogens with one attached hydrogen (secondary N) is 1. The van der Waals surface area contributed by atoms with Gasteiger partial charge in [0.2, 0.25) is 0 Å². The molecule has 0 amide bonds. The maximum absolute atomic E-state index is 5.40. The lowest BCUT2D eigenvalue weighted by Crippen LogP contribution is -2.16. The van der Waals surface area contributed by atoms with Gasteiger partial charge in [-0.2, -0.15) is 0 Å². The Morgan fingerprint density at radius 2 is 1.96 bits per heavy atom. The van der Waals surface area contributed by atoms with Crippen LogP contribution in [-0.4, -0.2) is 23.1 Å². The minimum Gasteiger partial charge on any atom is -0.330 e. The van der Waals surface area contributed by atoms with E-state index in [1.54, 1.807) is 0 Å². The highest BCUT2D eigenvalue weighted by molar-refractivity contribution is 5.21. The number of fused-ring (bicyclic) bond motifs is 1. The molecule has 0 spiro atoms. The zero-order valence-electron chi connectivity index (χ0n) is 14.8. The summed E-state index contributed by atoms with van der Waals surface area (Å²) in [5.74, 6) is 0. The van der Waals surface area contributed by atoms with Gasteiger partial charge in [-0.15, -0.1) is 0 Å². The minimum absolute atomic E-state index is 0.782. The number of aryl methyl sites for hydroxylation is 3. The number of pyridine rings is 2. The molecular weight excluding hydrogens is 296 g/mol. The van der Waals surface area contributed by atoms with Crippen molar-refractivity contribution in [1.82, 2.24) is 15.3 Å². The van der Waals surface area contributed by atoms with Crippen molar-refractivity contribution < 1.29 is 0 Å². The van der Waals surface area contributed by atoms with E-state index in [-0.39, 0.29) is 0 Å². The molecule has 2 aromatic heterocycles. The minimum atomic E-state index is 0.782. The van der Waals surface area contributed by atoms with Crippen molar-refractivity contribution in [2.75, 3.05) is 13.1 Å². The largest absolute Gasteiger partial charge is 0.330 e. The van der Waals surface area contributed by atoms with Crippen molar-refractivity contribution in [2.45, 2.75) is 52.0 Å². The first kappa shape index (κ1) is 18.6.